The molecule has 2 heterocycles. The van der Waals surface area contributed by atoms with Gasteiger partial charge in [0.2, 0.25) is 11.8 Å². The molecule has 47 heavy (non-hydrogen) atoms. The third-order valence-corrected chi connectivity index (χ3v) is 7.30. The average molecular weight is 629 g/mol. The van der Waals surface area contributed by atoms with E-state index in [0.29, 0.717) is 22.7 Å². The molecule has 0 aliphatic rings. The molecule has 0 amide bonds. The van der Waals surface area contributed by atoms with Gasteiger partial charge in [0.25, 0.3) is 11.1 Å². The van der Waals surface area contributed by atoms with Crippen molar-refractivity contribution in [2.24, 2.45) is 0 Å². The number of carbonyl (C=O) groups is 2. The Hall–Kier alpha value is -7.04. The Balaban J connectivity index is 1.51. The van der Waals surface area contributed by atoms with E-state index in [1.807, 2.05) is 0 Å². The van der Waals surface area contributed by atoms with Crippen LogP contribution in [-0.2, 0) is 0 Å². The highest BCUT2D eigenvalue weighted by Crippen LogP contribution is 2.26. The molecule has 6 aromatic rings. The van der Waals surface area contributed by atoms with Crippen LogP contribution in [0.1, 0.15) is 31.8 Å². The Bertz CT molecular complexity index is 2160. The molecule has 4 aromatic carbocycles. The number of carboxylic acids is 2. The van der Waals surface area contributed by atoms with Gasteiger partial charge in [0.05, 0.1) is 33.9 Å². The maximum atomic E-state index is 13.7. The molecular weight excluding hydrogens is 604 g/mol. The summed E-state index contributed by atoms with van der Waals surface area (Å²) in [7, 11) is 0. The summed E-state index contributed by atoms with van der Waals surface area (Å²) in [6, 6.07) is 28.1. The minimum atomic E-state index is -1.14. The van der Waals surface area contributed by atoms with Crippen molar-refractivity contribution in [1.82, 2.24) is 18.7 Å². The normalized spacial score (nSPS) is 10.7. The summed E-state index contributed by atoms with van der Waals surface area (Å²) < 4.78 is 4.84. The molecule has 232 valence electrons. The van der Waals surface area contributed by atoms with Crippen molar-refractivity contribution in [3.8, 4) is 34.5 Å². The van der Waals surface area contributed by atoms with Crippen LogP contribution >= 0.6 is 0 Å². The molecule has 0 aliphatic heterocycles. The number of hydrogen-bond acceptors (Lipinski definition) is 6. The van der Waals surface area contributed by atoms with E-state index in [2.05, 4.69) is 5.73 Å². The minimum Gasteiger partial charge on any atom is -0.493 e. The van der Waals surface area contributed by atoms with Gasteiger partial charge in [0.1, 0.15) is 11.1 Å². The van der Waals surface area contributed by atoms with Gasteiger partial charge >= 0.3 is 11.9 Å². The number of aromatic nitrogens is 4. The van der Waals surface area contributed by atoms with E-state index in [-0.39, 0.29) is 22.3 Å². The Labute approximate surface area is 265 Å². The quantitative estimate of drug-likeness (QED) is 0.176. The first-order chi connectivity index (χ1) is 22.7. The third kappa shape index (κ3) is 5.43. The standard InChI is InChI=1S/C35H24N4O8/c40-30-28(32(42)38(36(30)24-8-3-1-4-9-24)26-18-14-22(15-19-26)34(44)45)12-7-13-29-31(41)37(25-10-5-2-6-11-25)39(33(29)43)27-20-16-23(17-21-27)35(46)47/h1-6,8-21,42-43H,(H,44,45)(H,46,47). The second-order valence-electron chi connectivity index (χ2n) is 10.2. The maximum Gasteiger partial charge on any atom is 0.335 e. The molecule has 0 unspecified atom stereocenters. The highest BCUT2D eigenvalue weighted by Gasteiger charge is 2.22. The summed E-state index contributed by atoms with van der Waals surface area (Å²) in [5, 5.41) is 41.1. The highest BCUT2D eigenvalue weighted by molar-refractivity contribution is 5.88. The molecule has 0 fully saturated rings. The molecule has 6 rings (SSSR count). The summed E-state index contributed by atoms with van der Waals surface area (Å²) in [5.74, 6) is -3.24. The van der Waals surface area contributed by atoms with E-state index in [9.17, 15) is 39.6 Å². The zero-order chi connectivity index (χ0) is 33.2. The van der Waals surface area contributed by atoms with E-state index in [4.69, 9.17) is 0 Å². The van der Waals surface area contributed by atoms with E-state index in [1.54, 1.807) is 60.7 Å². The minimum absolute atomic E-state index is 0.0165. The van der Waals surface area contributed by atoms with Crippen LogP contribution in [-0.4, -0.2) is 51.1 Å². The largest absolute Gasteiger partial charge is 0.493 e. The van der Waals surface area contributed by atoms with Gasteiger partial charge in [-0.2, -0.15) is 0 Å². The first-order valence-corrected chi connectivity index (χ1v) is 14.0. The molecular formula is C35H24N4O8. The first kappa shape index (κ1) is 30.0. The SMILES string of the molecule is O=C(O)c1ccc(-n2c(O)c(C=C=Cc3c(O)n(-c4ccc(C(=O)O)cc4)n(-c4ccccc4)c3=O)c(=O)n2-c2ccccc2)cc1. The zero-order valence-corrected chi connectivity index (χ0v) is 24.3. The Morgan fingerprint density at radius 3 is 1.13 bits per heavy atom. The fraction of sp³-hybridized carbons (Fsp3) is 0. The van der Waals surface area contributed by atoms with Gasteiger partial charge in [0, 0.05) is 0 Å². The highest BCUT2D eigenvalue weighted by atomic mass is 16.4. The van der Waals surface area contributed by atoms with Gasteiger partial charge in [-0.05, 0) is 84.9 Å². The van der Waals surface area contributed by atoms with E-state index >= 15 is 0 Å². The van der Waals surface area contributed by atoms with Crippen LogP contribution in [0.15, 0.2) is 125 Å². The van der Waals surface area contributed by atoms with Crippen molar-refractivity contribution < 1.29 is 30.0 Å². The molecule has 0 saturated heterocycles. The van der Waals surface area contributed by atoms with Crippen LogP contribution in [0.4, 0.5) is 0 Å². The molecule has 0 atom stereocenters. The van der Waals surface area contributed by atoms with Crippen LogP contribution < -0.4 is 11.1 Å². The van der Waals surface area contributed by atoms with Gasteiger partial charge in [-0.1, -0.05) is 36.4 Å². The van der Waals surface area contributed by atoms with Crippen molar-refractivity contribution in [3.63, 3.8) is 0 Å². The zero-order valence-electron chi connectivity index (χ0n) is 24.3. The van der Waals surface area contributed by atoms with Crippen molar-refractivity contribution >= 4 is 24.1 Å². The lowest BCUT2D eigenvalue weighted by atomic mass is 10.2. The van der Waals surface area contributed by atoms with Crippen LogP contribution in [0, 0.1) is 0 Å². The number of rotatable bonds is 8. The summed E-state index contributed by atoms with van der Waals surface area (Å²) in [6.07, 6.45) is 2.34. The Morgan fingerprint density at radius 2 is 0.809 bits per heavy atom. The monoisotopic (exact) mass is 628 g/mol. The predicted octanol–water partition coefficient (Wildman–Crippen LogP) is 4.70. The van der Waals surface area contributed by atoms with Gasteiger partial charge in [0.15, 0.2) is 0 Å². The number of aromatic hydroxyl groups is 2. The van der Waals surface area contributed by atoms with Crippen molar-refractivity contribution in [3.05, 3.63) is 158 Å². The topological polar surface area (TPSA) is 169 Å². The van der Waals surface area contributed by atoms with E-state index in [0.717, 1.165) is 0 Å². The van der Waals surface area contributed by atoms with Crippen LogP contribution in [0.3, 0.4) is 0 Å². The predicted molar refractivity (Wildman–Crippen MR) is 172 cm³/mol. The lowest BCUT2D eigenvalue weighted by molar-refractivity contribution is 0.0686. The molecule has 4 N–H and O–H groups in total. The van der Waals surface area contributed by atoms with Gasteiger partial charge < -0.3 is 20.4 Å². The van der Waals surface area contributed by atoms with Crippen LogP contribution in [0.2, 0.25) is 0 Å². The average Bonchev–Trinajstić information content (AvgIpc) is 3.49. The number of hydrogen-bond donors (Lipinski definition) is 4. The molecule has 0 spiro atoms. The second kappa shape index (κ2) is 12.2. The molecule has 0 bridgehead atoms. The lowest BCUT2D eigenvalue weighted by Crippen LogP contribution is -2.21. The first-order valence-electron chi connectivity index (χ1n) is 14.0. The summed E-state index contributed by atoms with van der Waals surface area (Å²) >= 11 is 0. The summed E-state index contributed by atoms with van der Waals surface area (Å²) in [5.41, 5.74) is 2.52. The number of benzene rings is 4. The number of carboxylic acid groups (broad SMARTS) is 2. The summed E-state index contributed by atoms with van der Waals surface area (Å²) in [6.45, 7) is 0. The number of aromatic carboxylic acids is 2. The summed E-state index contributed by atoms with van der Waals surface area (Å²) in [4.78, 5) is 50.1. The van der Waals surface area contributed by atoms with Crippen molar-refractivity contribution in [1.29, 1.82) is 0 Å². The fourth-order valence-electron chi connectivity index (χ4n) is 5.05. The van der Waals surface area contributed by atoms with Crippen LogP contribution in [0.5, 0.6) is 11.8 Å². The van der Waals surface area contributed by atoms with Crippen molar-refractivity contribution in [2.75, 3.05) is 0 Å². The molecule has 2 aromatic heterocycles. The number of nitrogens with zero attached hydrogens (tertiary/aromatic N) is 4. The lowest BCUT2D eigenvalue weighted by Gasteiger charge is -2.12. The van der Waals surface area contributed by atoms with Gasteiger partial charge in [-0.3, -0.25) is 9.59 Å². The maximum absolute atomic E-state index is 13.7. The molecule has 0 radical (unpaired) electrons. The van der Waals surface area contributed by atoms with Gasteiger partial charge in [-0.25, -0.2) is 28.3 Å². The Morgan fingerprint density at radius 1 is 0.489 bits per heavy atom. The third-order valence-electron chi connectivity index (χ3n) is 7.30. The Kier molecular flexibility index (Phi) is 7.76. The molecule has 12 nitrogen and oxygen atoms in total. The van der Waals surface area contributed by atoms with Gasteiger partial charge in [-0.15, -0.1) is 5.73 Å². The molecule has 0 aliphatic carbocycles. The van der Waals surface area contributed by atoms with Crippen molar-refractivity contribution in [2.45, 2.75) is 0 Å². The molecule has 12 heteroatoms. The van der Waals surface area contributed by atoms with E-state index < -0.39 is 34.8 Å². The second-order valence-corrected chi connectivity index (χ2v) is 10.2. The fourth-order valence-corrected chi connectivity index (χ4v) is 5.05. The van der Waals surface area contributed by atoms with Crippen LogP contribution in [0.25, 0.3) is 34.9 Å². The van der Waals surface area contributed by atoms with E-state index in [1.165, 1.54) is 79.4 Å². The number of para-hydroxylation sites is 2. The molecule has 0 saturated carbocycles. The smallest absolute Gasteiger partial charge is 0.335 e.